The molecule has 9 nitrogen and oxygen atoms in total. The number of hydrogen-bond donors (Lipinski definition) is 0. The Morgan fingerprint density at radius 3 is 1.83 bits per heavy atom. The van der Waals surface area contributed by atoms with E-state index in [0.29, 0.717) is 31.4 Å². The SMILES string of the molecule is CCCCCCCC(=O)Oc1ccc(C(=O)C2=C3OC(C)(C)[C@@H](CC=C(C)C)C[C@@]34C[C@@H](CC=C(C)C)C(C)(C)[C@H]3CCC(C)(C)O[C@]34OC2=O)cc1OC(=O)CCCCCCC. The lowest BCUT2D eigenvalue weighted by molar-refractivity contribution is -0.407. The Morgan fingerprint density at radius 2 is 1.25 bits per heavy atom. The van der Waals surface area contributed by atoms with Gasteiger partial charge in [0.15, 0.2) is 11.5 Å². The summed E-state index contributed by atoms with van der Waals surface area (Å²) >= 11 is 0. The molecule has 1 saturated carbocycles. The molecule has 3 heterocycles. The number of esters is 3. The second-order valence-corrected chi connectivity index (χ2v) is 21.4. The smallest absolute Gasteiger partial charge is 0.348 e. The third kappa shape index (κ3) is 11.2. The quantitative estimate of drug-likeness (QED) is 0.0315. The minimum Gasteiger partial charge on any atom is -0.490 e. The van der Waals surface area contributed by atoms with Crippen LogP contribution in [0.15, 0.2) is 52.8 Å². The average molecular weight is 873 g/mol. The Morgan fingerprint density at radius 1 is 0.714 bits per heavy atom. The van der Waals surface area contributed by atoms with Gasteiger partial charge in [0.25, 0.3) is 0 Å². The second kappa shape index (κ2) is 20.6. The van der Waals surface area contributed by atoms with Crippen molar-refractivity contribution in [2.75, 3.05) is 0 Å². The maximum absolute atomic E-state index is 15.3. The Balaban J connectivity index is 1.65. The van der Waals surface area contributed by atoms with Crippen molar-refractivity contribution in [3.8, 4) is 11.5 Å². The van der Waals surface area contributed by atoms with Crippen molar-refractivity contribution in [1.82, 2.24) is 0 Å². The summed E-state index contributed by atoms with van der Waals surface area (Å²) in [4.78, 5) is 56.7. The van der Waals surface area contributed by atoms with Crippen molar-refractivity contribution in [3.63, 3.8) is 0 Å². The molecule has 2 saturated heterocycles. The Bertz CT molecular complexity index is 1920. The zero-order valence-corrected chi connectivity index (χ0v) is 41.0. The van der Waals surface area contributed by atoms with Gasteiger partial charge in [-0.25, -0.2) is 4.79 Å². The van der Waals surface area contributed by atoms with E-state index in [1.54, 1.807) is 0 Å². The van der Waals surface area contributed by atoms with Crippen LogP contribution in [0.5, 0.6) is 11.5 Å². The second-order valence-electron chi connectivity index (χ2n) is 21.4. The van der Waals surface area contributed by atoms with Gasteiger partial charge in [-0.3, -0.25) is 14.4 Å². The van der Waals surface area contributed by atoms with Crippen molar-refractivity contribution in [3.05, 3.63) is 58.4 Å². The van der Waals surface area contributed by atoms with Gasteiger partial charge in [0, 0.05) is 30.2 Å². The summed E-state index contributed by atoms with van der Waals surface area (Å²) in [5, 5.41) is 0. The largest absolute Gasteiger partial charge is 0.490 e. The van der Waals surface area contributed by atoms with E-state index in [2.05, 4.69) is 95.2 Å². The summed E-state index contributed by atoms with van der Waals surface area (Å²) in [6, 6.07) is 4.45. The Labute approximate surface area is 379 Å². The molecular weight excluding hydrogens is 793 g/mol. The number of ketones is 1. The number of carbonyl (C=O) groups excluding carboxylic acids is 4. The molecule has 0 unspecified atom stereocenters. The van der Waals surface area contributed by atoms with Crippen LogP contribution < -0.4 is 9.47 Å². The van der Waals surface area contributed by atoms with Crippen molar-refractivity contribution in [2.24, 2.45) is 28.6 Å². The van der Waals surface area contributed by atoms with E-state index in [4.69, 9.17) is 23.7 Å². The fraction of sp³-hybridized carbons (Fsp3) is 0.704. The van der Waals surface area contributed by atoms with E-state index in [9.17, 15) is 14.4 Å². The predicted molar refractivity (Wildman–Crippen MR) is 248 cm³/mol. The molecule has 0 aromatic heterocycles. The first kappa shape index (κ1) is 50.3. The highest BCUT2D eigenvalue weighted by atomic mass is 16.7. The van der Waals surface area contributed by atoms with Crippen LogP contribution >= 0.6 is 0 Å². The molecule has 350 valence electrons. The molecule has 0 N–H and O–H groups in total. The molecule has 5 rings (SSSR count). The summed E-state index contributed by atoms with van der Waals surface area (Å²) in [7, 11) is 0. The lowest BCUT2D eigenvalue weighted by Crippen LogP contribution is -2.74. The van der Waals surface area contributed by atoms with Crippen LogP contribution in [-0.2, 0) is 28.6 Å². The van der Waals surface area contributed by atoms with Gasteiger partial charge in [0.05, 0.1) is 11.0 Å². The number of unbranched alkanes of at least 4 members (excludes halogenated alkanes) is 8. The highest BCUT2D eigenvalue weighted by Crippen LogP contribution is 2.72. The van der Waals surface area contributed by atoms with Gasteiger partial charge in [0.1, 0.15) is 16.9 Å². The molecule has 9 heteroatoms. The zero-order valence-electron chi connectivity index (χ0n) is 41.0. The molecule has 1 aromatic carbocycles. The molecular formula is C54H80O9. The van der Waals surface area contributed by atoms with Gasteiger partial charge >= 0.3 is 17.9 Å². The Hall–Kier alpha value is -3.72. The number of carbonyl (C=O) groups is 4. The molecule has 0 bridgehead atoms. The molecule has 1 aliphatic carbocycles. The normalized spacial score (nSPS) is 26.5. The summed E-state index contributed by atoms with van der Waals surface area (Å²) in [6.45, 7) is 25.5. The third-order valence-electron chi connectivity index (χ3n) is 14.7. The number of allylic oxidation sites excluding steroid dienone is 4. The summed E-state index contributed by atoms with van der Waals surface area (Å²) in [5.74, 6) is -3.36. The van der Waals surface area contributed by atoms with Crippen LogP contribution in [0.2, 0.25) is 0 Å². The predicted octanol–water partition coefficient (Wildman–Crippen LogP) is 13.7. The summed E-state index contributed by atoms with van der Waals surface area (Å²) in [5.41, 5.74) is -0.272. The number of benzene rings is 1. The van der Waals surface area contributed by atoms with Gasteiger partial charge in [-0.15, -0.1) is 0 Å². The molecule has 0 radical (unpaired) electrons. The van der Waals surface area contributed by atoms with E-state index in [0.717, 1.165) is 77.0 Å². The van der Waals surface area contributed by atoms with E-state index in [-0.39, 0.29) is 58.6 Å². The van der Waals surface area contributed by atoms with Gasteiger partial charge in [0.2, 0.25) is 11.6 Å². The number of Topliss-reactive ketones (excluding diaryl/α,β-unsaturated/α-hetero) is 1. The standard InChI is InChI=1S/C54H80O9/c1-13-15-17-19-21-23-44(55)59-41-30-27-38(33-42(41)60-45(56)24-22-20-18-16-14-2)47(57)46-48-53(35-40(29-26-37(5)6)52(11,12)61-48)34-39(28-25-36(3)4)51(9,10)43-31-32-50(7,8)63-54(43,53)62-49(46)58/h25-27,30,33,39-40,43H,13-24,28-29,31-32,34-35H2,1-12H3/t39-,40+,43-,53+,54-/m1/s1. The lowest BCUT2D eigenvalue weighted by Gasteiger charge is -2.70. The van der Waals surface area contributed by atoms with E-state index in [1.807, 2.05) is 0 Å². The minimum atomic E-state index is -1.39. The lowest BCUT2D eigenvalue weighted by atomic mass is 9.44. The summed E-state index contributed by atoms with van der Waals surface area (Å²) < 4.78 is 33.2. The van der Waals surface area contributed by atoms with Crippen LogP contribution in [0, 0.1) is 28.6 Å². The molecule has 3 fully saturated rings. The maximum atomic E-state index is 15.3. The Kier molecular flexibility index (Phi) is 16.5. The molecule has 1 aromatic rings. The average Bonchev–Trinajstić information content (AvgIpc) is 3.18. The molecule has 0 amide bonds. The van der Waals surface area contributed by atoms with Gasteiger partial charge in [-0.2, -0.15) is 0 Å². The van der Waals surface area contributed by atoms with Gasteiger partial charge in [-0.1, -0.05) is 102 Å². The van der Waals surface area contributed by atoms with Crippen molar-refractivity contribution in [1.29, 1.82) is 0 Å². The minimum absolute atomic E-state index is 0.00869. The van der Waals surface area contributed by atoms with Crippen LogP contribution in [0.1, 0.15) is 209 Å². The molecule has 63 heavy (non-hydrogen) atoms. The summed E-state index contributed by atoms with van der Waals surface area (Å²) in [6.07, 6.45) is 18.9. The molecule has 2 spiro atoms. The maximum Gasteiger partial charge on any atom is 0.348 e. The molecule has 4 aliphatic rings. The van der Waals surface area contributed by atoms with Crippen molar-refractivity contribution in [2.45, 2.75) is 216 Å². The third-order valence-corrected chi connectivity index (χ3v) is 14.7. The zero-order chi connectivity index (χ0) is 46.4. The highest BCUT2D eigenvalue weighted by Gasteiger charge is 2.77. The number of hydrogen-bond acceptors (Lipinski definition) is 9. The van der Waals surface area contributed by atoms with Gasteiger partial charge in [-0.05, 0) is 136 Å². The fourth-order valence-electron chi connectivity index (χ4n) is 10.8. The first-order valence-electron chi connectivity index (χ1n) is 24.4. The van der Waals surface area contributed by atoms with E-state index < -0.39 is 46.1 Å². The van der Waals surface area contributed by atoms with Crippen LogP contribution in [-0.4, -0.2) is 40.7 Å². The van der Waals surface area contributed by atoms with Crippen LogP contribution in [0.25, 0.3) is 0 Å². The first-order chi connectivity index (χ1) is 29.6. The van der Waals surface area contributed by atoms with Crippen LogP contribution in [0.4, 0.5) is 0 Å². The molecule has 5 atom stereocenters. The van der Waals surface area contributed by atoms with E-state index >= 15 is 4.79 Å². The van der Waals surface area contributed by atoms with Crippen LogP contribution in [0.3, 0.4) is 0 Å². The monoisotopic (exact) mass is 873 g/mol. The van der Waals surface area contributed by atoms with Crippen molar-refractivity contribution >= 4 is 23.7 Å². The number of ether oxygens (including phenoxy) is 5. The topological polar surface area (TPSA) is 114 Å². The fourth-order valence-corrected chi connectivity index (χ4v) is 10.8. The molecule has 3 aliphatic heterocycles. The van der Waals surface area contributed by atoms with Gasteiger partial charge < -0.3 is 23.7 Å². The van der Waals surface area contributed by atoms with E-state index in [1.165, 1.54) is 29.3 Å². The van der Waals surface area contributed by atoms with Crippen molar-refractivity contribution < 1.29 is 42.9 Å². The number of rotatable bonds is 20. The first-order valence-corrected chi connectivity index (χ1v) is 24.4. The highest BCUT2D eigenvalue weighted by molar-refractivity contribution is 6.25.